The van der Waals surface area contributed by atoms with Gasteiger partial charge in [-0.25, -0.2) is 0 Å². The van der Waals surface area contributed by atoms with E-state index in [4.69, 9.17) is 14.2 Å². The fourth-order valence-electron chi connectivity index (χ4n) is 5.98. The lowest BCUT2D eigenvalue weighted by atomic mass is 9.77. The summed E-state index contributed by atoms with van der Waals surface area (Å²) in [4.78, 5) is 40.4. The number of hydrogen-bond acceptors (Lipinski definition) is 8. The number of aldehydes is 1. The molecule has 0 aromatic heterocycles. The van der Waals surface area contributed by atoms with Crippen molar-refractivity contribution in [1.29, 1.82) is 0 Å². The number of benzene rings is 1. The van der Waals surface area contributed by atoms with Gasteiger partial charge in [0.2, 0.25) is 11.8 Å². The topological polar surface area (TPSA) is 135 Å². The van der Waals surface area contributed by atoms with Crippen molar-refractivity contribution in [3.8, 4) is 11.5 Å². The van der Waals surface area contributed by atoms with Gasteiger partial charge in [-0.15, -0.1) is 0 Å². The Morgan fingerprint density at radius 1 is 1.23 bits per heavy atom. The predicted octanol–water partition coefficient (Wildman–Crippen LogP) is 2.50. The number of aliphatic hydroxyl groups excluding tert-OH is 2. The molecule has 3 N–H and O–H groups in total. The monoisotopic (exact) mass is 558 g/mol. The van der Waals surface area contributed by atoms with Crippen molar-refractivity contribution in [3.63, 3.8) is 0 Å². The summed E-state index contributed by atoms with van der Waals surface area (Å²) < 4.78 is 17.6. The predicted molar refractivity (Wildman–Crippen MR) is 148 cm³/mol. The van der Waals surface area contributed by atoms with Crippen LogP contribution in [0.3, 0.4) is 0 Å². The van der Waals surface area contributed by atoms with Gasteiger partial charge in [-0.2, -0.15) is 0 Å². The molecule has 10 nitrogen and oxygen atoms in total. The number of aliphatic hydroxyl groups is 2. The number of nitrogens with one attached hydrogen (secondary N) is 1. The maximum Gasteiger partial charge on any atom is 0.247 e. The lowest BCUT2D eigenvalue weighted by Crippen LogP contribution is -2.57. The molecule has 10 heteroatoms. The molecule has 5 atom stereocenters. The van der Waals surface area contributed by atoms with E-state index in [2.05, 4.69) is 12.2 Å². The fourth-order valence-corrected chi connectivity index (χ4v) is 5.98. The Morgan fingerprint density at radius 3 is 2.70 bits per heavy atom. The number of hydrogen-bond donors (Lipinski definition) is 3. The van der Waals surface area contributed by atoms with E-state index in [0.717, 1.165) is 44.9 Å². The normalized spacial score (nSPS) is 24.9. The van der Waals surface area contributed by atoms with Gasteiger partial charge in [0.05, 0.1) is 31.8 Å². The van der Waals surface area contributed by atoms with E-state index in [1.165, 1.54) is 7.11 Å². The quantitative estimate of drug-likeness (QED) is 0.234. The lowest BCUT2D eigenvalue weighted by Gasteiger charge is -2.41. The minimum Gasteiger partial charge on any atom is -0.493 e. The van der Waals surface area contributed by atoms with Crippen LogP contribution in [0, 0.1) is 0 Å². The van der Waals surface area contributed by atoms with Gasteiger partial charge in [0.25, 0.3) is 0 Å². The molecule has 1 aromatic rings. The molecule has 0 bridgehead atoms. The molecule has 1 saturated heterocycles. The average Bonchev–Trinajstić information content (AvgIpc) is 3.62. The third-order valence-corrected chi connectivity index (χ3v) is 8.01. The first kappa shape index (κ1) is 30.0. The largest absolute Gasteiger partial charge is 0.493 e. The van der Waals surface area contributed by atoms with E-state index in [1.807, 2.05) is 0 Å². The number of ether oxygens (including phenoxy) is 3. The van der Waals surface area contributed by atoms with Crippen molar-refractivity contribution in [2.24, 2.45) is 0 Å². The second-order valence-corrected chi connectivity index (χ2v) is 10.7. The Kier molecular flexibility index (Phi) is 10.6. The van der Waals surface area contributed by atoms with Crippen LogP contribution in [0.2, 0.25) is 0 Å². The van der Waals surface area contributed by atoms with Crippen molar-refractivity contribution >= 4 is 18.1 Å². The Morgan fingerprint density at radius 2 is 2.02 bits per heavy atom. The first-order valence-electron chi connectivity index (χ1n) is 14.5. The van der Waals surface area contributed by atoms with E-state index in [9.17, 15) is 24.6 Å². The van der Waals surface area contributed by atoms with Crippen LogP contribution in [0.25, 0.3) is 0 Å². The van der Waals surface area contributed by atoms with Crippen molar-refractivity contribution < 1.29 is 38.8 Å². The maximum atomic E-state index is 13.6. The molecule has 1 aliphatic carbocycles. The van der Waals surface area contributed by atoms with Crippen LogP contribution in [0.5, 0.6) is 11.5 Å². The molecule has 1 fully saturated rings. The van der Waals surface area contributed by atoms with Gasteiger partial charge in [-0.3, -0.25) is 14.4 Å². The van der Waals surface area contributed by atoms with Crippen molar-refractivity contribution in [1.82, 2.24) is 10.2 Å². The second-order valence-electron chi connectivity index (χ2n) is 10.7. The molecule has 2 heterocycles. The van der Waals surface area contributed by atoms with Gasteiger partial charge < -0.3 is 34.6 Å². The minimum absolute atomic E-state index is 0.0442. The summed E-state index contributed by atoms with van der Waals surface area (Å²) >= 11 is 0. The number of unbranched alkanes of at least 4 members (excludes halogenated alkanes) is 4. The van der Waals surface area contributed by atoms with Crippen molar-refractivity contribution in [2.75, 3.05) is 33.4 Å². The highest BCUT2D eigenvalue weighted by Gasteiger charge is 2.51. The van der Waals surface area contributed by atoms with Gasteiger partial charge in [-0.05, 0) is 37.5 Å². The van der Waals surface area contributed by atoms with Crippen LogP contribution >= 0.6 is 0 Å². The standard InChI is InChI=1S/C30H42N2O8/c1-3-4-5-6-7-10-25(35)32(17-20-9-8-13-39-20)23-16-22(30(37)31-11-12-33)26-21-14-19(18-34)15-24(38-2)28(21)40-29(26)27(23)36/h14-16,18,20,23,26-27,29,33,36H,3-13,17H2,1-2H3,(H,31,37)/t20-,23+,26-,27-,29-/m0/s1. The van der Waals surface area contributed by atoms with Gasteiger partial charge in [-0.1, -0.05) is 32.6 Å². The molecule has 1 aromatic carbocycles. The molecule has 0 spiro atoms. The van der Waals surface area contributed by atoms with Gasteiger partial charge in [0.1, 0.15) is 18.5 Å². The smallest absolute Gasteiger partial charge is 0.247 e. The number of rotatable bonds is 14. The summed E-state index contributed by atoms with van der Waals surface area (Å²) in [6.45, 7) is 2.88. The van der Waals surface area contributed by atoms with E-state index in [-0.39, 0.29) is 25.2 Å². The Balaban J connectivity index is 1.70. The summed E-state index contributed by atoms with van der Waals surface area (Å²) in [6, 6.07) is 2.37. The Hall–Kier alpha value is -2.95. The highest BCUT2D eigenvalue weighted by Crippen LogP contribution is 2.51. The van der Waals surface area contributed by atoms with Crippen molar-refractivity contribution in [3.05, 3.63) is 34.9 Å². The average molecular weight is 559 g/mol. The first-order chi connectivity index (χ1) is 19.4. The van der Waals surface area contributed by atoms with Crippen LogP contribution in [0.15, 0.2) is 23.8 Å². The molecular formula is C30H42N2O8. The molecule has 3 aliphatic rings. The highest BCUT2D eigenvalue weighted by atomic mass is 16.5. The summed E-state index contributed by atoms with van der Waals surface area (Å²) in [5, 5.41) is 23.8. The zero-order valence-electron chi connectivity index (χ0n) is 23.5. The number of carbonyl (C=O) groups excluding carboxylic acids is 3. The molecule has 2 aliphatic heterocycles. The summed E-state index contributed by atoms with van der Waals surface area (Å²) in [5.74, 6) is -0.541. The molecule has 0 radical (unpaired) electrons. The summed E-state index contributed by atoms with van der Waals surface area (Å²) in [7, 11) is 1.46. The van der Waals surface area contributed by atoms with Gasteiger partial charge in [0, 0.05) is 42.8 Å². The number of nitrogens with zero attached hydrogens (tertiary/aromatic N) is 1. The molecule has 220 valence electrons. The number of fused-ring (bicyclic) bond motifs is 3. The molecule has 0 saturated carbocycles. The van der Waals surface area contributed by atoms with E-state index in [1.54, 1.807) is 23.1 Å². The maximum absolute atomic E-state index is 13.6. The molecule has 4 rings (SSSR count). The van der Waals surface area contributed by atoms with E-state index in [0.29, 0.717) is 54.1 Å². The Labute approximate surface area is 235 Å². The van der Waals surface area contributed by atoms with Crippen LogP contribution < -0.4 is 14.8 Å². The van der Waals surface area contributed by atoms with Crippen LogP contribution in [-0.2, 0) is 14.3 Å². The molecular weight excluding hydrogens is 516 g/mol. The fraction of sp³-hybridized carbons (Fsp3) is 0.633. The molecule has 40 heavy (non-hydrogen) atoms. The SMILES string of the molecule is CCCCCCCC(=O)N(C[C@@H]1CCCO1)[C@@H]1C=C(C(=O)NCCO)[C@@H]2c3cc(C=O)cc(OC)c3O[C@@H]2[C@H]1O. The summed E-state index contributed by atoms with van der Waals surface area (Å²) in [5.41, 5.74) is 1.22. The molecule has 0 unspecified atom stereocenters. The lowest BCUT2D eigenvalue weighted by molar-refractivity contribution is -0.139. The minimum atomic E-state index is -1.15. The van der Waals surface area contributed by atoms with E-state index < -0.39 is 30.1 Å². The number of carbonyl (C=O) groups is 3. The third kappa shape index (κ3) is 6.50. The Bertz CT molecular complexity index is 1080. The zero-order valence-corrected chi connectivity index (χ0v) is 23.5. The highest BCUT2D eigenvalue weighted by molar-refractivity contribution is 5.96. The zero-order chi connectivity index (χ0) is 28.6. The number of amides is 2. The van der Waals surface area contributed by atoms with Crippen LogP contribution in [0.4, 0.5) is 0 Å². The molecule has 2 amide bonds. The van der Waals surface area contributed by atoms with E-state index >= 15 is 0 Å². The van der Waals surface area contributed by atoms with Crippen molar-refractivity contribution in [2.45, 2.75) is 88.6 Å². The van der Waals surface area contributed by atoms with Gasteiger partial charge >= 0.3 is 0 Å². The van der Waals surface area contributed by atoms with Crippen LogP contribution in [-0.4, -0.2) is 91.0 Å². The number of methoxy groups -OCH3 is 1. The summed E-state index contributed by atoms with van der Waals surface area (Å²) in [6.07, 6.45) is 7.22. The van der Waals surface area contributed by atoms with Gasteiger partial charge in [0.15, 0.2) is 11.5 Å². The van der Waals surface area contributed by atoms with Crippen LogP contribution in [0.1, 0.15) is 80.1 Å². The second kappa shape index (κ2) is 14.1. The first-order valence-corrected chi connectivity index (χ1v) is 14.5. The third-order valence-electron chi connectivity index (χ3n) is 8.01.